The third-order valence-electron chi connectivity index (χ3n) is 0. The van der Waals surface area contributed by atoms with Gasteiger partial charge in [-0.1, -0.05) is 13.8 Å². The fourth-order valence-electron chi connectivity index (χ4n) is 0. The average Bonchev–Trinajstić information content (AvgIpc) is 0.811. The zero-order chi connectivity index (χ0) is 3.58. The molecule has 0 radical (unpaired) electrons. The van der Waals surface area contributed by atoms with Gasteiger partial charge in [0.25, 0.3) is 0 Å². The summed E-state index contributed by atoms with van der Waals surface area (Å²) in [5.41, 5.74) is 0. The zero-order valence-electron chi connectivity index (χ0n) is 4.02. The van der Waals surface area contributed by atoms with Crippen molar-refractivity contribution in [3.8, 4) is 0 Å². The minimum Gasteiger partial charge on any atom is -0.177 e. The molecule has 0 heterocycles. The molecular weight excluding hydrogens is 91.1 g/mol. The third-order valence-corrected chi connectivity index (χ3v) is 0. The van der Waals surface area contributed by atoms with Gasteiger partial charge in [0.05, 0.1) is 0 Å². The summed E-state index contributed by atoms with van der Waals surface area (Å²) in [5.74, 6) is 0. The van der Waals surface area contributed by atoms with Crippen LogP contribution in [0, 0.1) is 0 Å². The molecule has 0 aliphatic heterocycles. The number of thiol groups is 1. The molecule has 0 amide bonds. The Labute approximate surface area is 61.0 Å². The quantitative estimate of drug-likeness (QED) is 0.272. The van der Waals surface area contributed by atoms with E-state index in [1.807, 2.05) is 13.8 Å². The molecule has 0 aromatic rings. The van der Waals surface area contributed by atoms with Gasteiger partial charge < -0.3 is 0 Å². The van der Waals surface area contributed by atoms with Crippen molar-refractivity contribution in [3.63, 3.8) is 0 Å². The third kappa shape index (κ3) is 32.9. The van der Waals surface area contributed by atoms with Crippen molar-refractivity contribution in [2.24, 2.45) is 0 Å². The van der Waals surface area contributed by atoms with Crippen molar-refractivity contribution >= 4 is 12.6 Å². The van der Waals surface area contributed by atoms with Crippen LogP contribution < -0.4 is 29.6 Å². The second kappa shape index (κ2) is 5.35. The molecule has 0 aromatic heterocycles. The Kier molecular flexibility index (Phi) is 10.3. The van der Waals surface area contributed by atoms with E-state index >= 15 is 0 Å². The SMILES string of the molecule is CC(C)S.[Na+]. The van der Waals surface area contributed by atoms with Gasteiger partial charge >= 0.3 is 29.6 Å². The summed E-state index contributed by atoms with van der Waals surface area (Å²) in [4.78, 5) is 0. The van der Waals surface area contributed by atoms with Gasteiger partial charge in [0.1, 0.15) is 0 Å². The summed E-state index contributed by atoms with van der Waals surface area (Å²) in [6.07, 6.45) is 0. The number of rotatable bonds is 0. The van der Waals surface area contributed by atoms with E-state index in [0.717, 1.165) is 0 Å². The van der Waals surface area contributed by atoms with Crippen LogP contribution in [0.5, 0.6) is 0 Å². The van der Waals surface area contributed by atoms with Crippen molar-refractivity contribution < 1.29 is 29.6 Å². The van der Waals surface area contributed by atoms with Crippen molar-refractivity contribution in [3.05, 3.63) is 0 Å². The van der Waals surface area contributed by atoms with Gasteiger partial charge in [-0.05, 0) is 5.25 Å². The maximum absolute atomic E-state index is 3.97. The molecular formula is C3H8NaS+. The van der Waals surface area contributed by atoms with Crippen LogP contribution in [0.25, 0.3) is 0 Å². The van der Waals surface area contributed by atoms with Gasteiger partial charge in [0, 0.05) is 0 Å². The van der Waals surface area contributed by atoms with E-state index < -0.39 is 0 Å². The molecule has 0 aliphatic carbocycles. The van der Waals surface area contributed by atoms with Crippen molar-refractivity contribution in [2.75, 3.05) is 0 Å². The molecule has 5 heavy (non-hydrogen) atoms. The van der Waals surface area contributed by atoms with Crippen LogP contribution in [0.4, 0.5) is 0 Å². The van der Waals surface area contributed by atoms with Gasteiger partial charge in [-0.2, -0.15) is 12.6 Å². The van der Waals surface area contributed by atoms with E-state index in [2.05, 4.69) is 12.6 Å². The molecule has 26 valence electrons. The van der Waals surface area contributed by atoms with E-state index in [0.29, 0.717) is 5.25 Å². The summed E-state index contributed by atoms with van der Waals surface area (Å²) in [5, 5.41) is 0.528. The van der Waals surface area contributed by atoms with Gasteiger partial charge in [-0.3, -0.25) is 0 Å². The Morgan fingerprint density at radius 3 is 1.40 bits per heavy atom. The van der Waals surface area contributed by atoms with Crippen LogP contribution in [-0.2, 0) is 0 Å². The molecule has 0 rings (SSSR count). The fraction of sp³-hybridized carbons (Fsp3) is 1.00. The molecule has 0 bridgehead atoms. The molecule has 0 atom stereocenters. The summed E-state index contributed by atoms with van der Waals surface area (Å²) < 4.78 is 0. The maximum atomic E-state index is 3.97. The van der Waals surface area contributed by atoms with Crippen LogP contribution in [-0.4, -0.2) is 5.25 Å². The van der Waals surface area contributed by atoms with Crippen LogP contribution in [0.2, 0.25) is 0 Å². The molecule has 0 saturated heterocycles. The Bertz CT molecular complexity index is 11.6. The van der Waals surface area contributed by atoms with Crippen LogP contribution in [0.1, 0.15) is 13.8 Å². The van der Waals surface area contributed by atoms with E-state index in [1.165, 1.54) is 0 Å². The molecule has 0 fully saturated rings. The van der Waals surface area contributed by atoms with Gasteiger partial charge in [0.15, 0.2) is 0 Å². The van der Waals surface area contributed by atoms with Crippen molar-refractivity contribution in [1.29, 1.82) is 0 Å². The molecule has 0 aromatic carbocycles. The molecule has 0 aliphatic rings. The Morgan fingerprint density at radius 2 is 1.40 bits per heavy atom. The summed E-state index contributed by atoms with van der Waals surface area (Å²) >= 11 is 3.97. The Balaban J connectivity index is 0. The second-order valence-corrected chi connectivity index (χ2v) is 2.13. The second-order valence-electron chi connectivity index (χ2n) is 1.09. The van der Waals surface area contributed by atoms with Crippen LogP contribution in [0.3, 0.4) is 0 Å². The smallest absolute Gasteiger partial charge is 0.177 e. The summed E-state index contributed by atoms with van der Waals surface area (Å²) in [6.45, 7) is 4.06. The van der Waals surface area contributed by atoms with Gasteiger partial charge in [-0.25, -0.2) is 0 Å². The minimum atomic E-state index is 0. The molecule has 0 spiro atoms. The molecule has 0 nitrogen and oxygen atoms in total. The Hall–Kier alpha value is 1.35. The average molecular weight is 99.2 g/mol. The van der Waals surface area contributed by atoms with Crippen LogP contribution >= 0.6 is 12.6 Å². The largest absolute Gasteiger partial charge is 1.00 e. The van der Waals surface area contributed by atoms with Crippen molar-refractivity contribution in [1.82, 2.24) is 0 Å². The first-order valence-electron chi connectivity index (χ1n) is 1.41. The van der Waals surface area contributed by atoms with E-state index in [1.54, 1.807) is 0 Å². The maximum Gasteiger partial charge on any atom is 1.00 e. The topological polar surface area (TPSA) is 0 Å². The standard InChI is InChI=1S/C3H8S.Na/c1-3(2)4;/h3-4H,1-2H3;/q;+1. The number of hydrogen-bond acceptors (Lipinski definition) is 1. The molecule has 0 N–H and O–H groups in total. The zero-order valence-corrected chi connectivity index (χ0v) is 6.92. The normalized spacial score (nSPS) is 7.20. The predicted molar refractivity (Wildman–Crippen MR) is 24.1 cm³/mol. The Morgan fingerprint density at radius 1 is 1.40 bits per heavy atom. The first-order chi connectivity index (χ1) is 1.73. The van der Waals surface area contributed by atoms with Gasteiger partial charge in [-0.15, -0.1) is 0 Å². The molecule has 0 saturated carbocycles. The summed E-state index contributed by atoms with van der Waals surface area (Å²) in [6, 6.07) is 0. The fourth-order valence-corrected chi connectivity index (χ4v) is 0. The van der Waals surface area contributed by atoms with E-state index in [4.69, 9.17) is 0 Å². The first-order valence-corrected chi connectivity index (χ1v) is 1.93. The molecule has 2 heteroatoms. The number of hydrogen-bond donors (Lipinski definition) is 1. The first kappa shape index (κ1) is 9.61. The van der Waals surface area contributed by atoms with Crippen LogP contribution in [0.15, 0.2) is 0 Å². The molecule has 0 unspecified atom stereocenters. The minimum absolute atomic E-state index is 0. The van der Waals surface area contributed by atoms with E-state index in [9.17, 15) is 0 Å². The van der Waals surface area contributed by atoms with E-state index in [-0.39, 0.29) is 29.6 Å². The monoisotopic (exact) mass is 99.0 g/mol. The summed E-state index contributed by atoms with van der Waals surface area (Å²) in [7, 11) is 0. The predicted octanol–water partition coefficient (Wildman–Crippen LogP) is -1.67. The van der Waals surface area contributed by atoms with Gasteiger partial charge in [0.2, 0.25) is 0 Å². The van der Waals surface area contributed by atoms with Crippen molar-refractivity contribution in [2.45, 2.75) is 19.1 Å².